The lowest BCUT2D eigenvalue weighted by molar-refractivity contribution is 0.0891. The van der Waals surface area contributed by atoms with E-state index in [0.29, 0.717) is 24.3 Å². The van der Waals surface area contributed by atoms with Crippen LogP contribution in [0.4, 0.5) is 0 Å². The molecule has 1 unspecified atom stereocenters. The first-order chi connectivity index (χ1) is 15.3. The number of aliphatic hydroxyl groups excluding tert-OH is 1. The Bertz CT molecular complexity index is 1280. The summed E-state index contributed by atoms with van der Waals surface area (Å²) in [6.07, 6.45) is -0.605. The molecule has 0 amide bonds. The Morgan fingerprint density at radius 3 is 2.53 bits per heavy atom. The highest BCUT2D eigenvalue weighted by Crippen LogP contribution is 2.33. The number of hydrogen-bond acceptors (Lipinski definition) is 5. The number of thiophene rings is 1. The summed E-state index contributed by atoms with van der Waals surface area (Å²) in [5.41, 5.74) is 5.11. The first kappa shape index (κ1) is 22.4. The van der Waals surface area contributed by atoms with E-state index >= 15 is 0 Å². The van der Waals surface area contributed by atoms with Gasteiger partial charge in [-0.2, -0.15) is 0 Å². The third kappa shape index (κ3) is 4.67. The fourth-order valence-corrected chi connectivity index (χ4v) is 4.99. The number of benzene rings is 2. The van der Waals surface area contributed by atoms with Gasteiger partial charge in [0.1, 0.15) is 10.7 Å². The predicted octanol–water partition coefficient (Wildman–Crippen LogP) is 5.21. The van der Waals surface area contributed by atoms with Crippen LogP contribution in [0.25, 0.3) is 21.3 Å². The molecule has 0 aliphatic carbocycles. The summed E-state index contributed by atoms with van der Waals surface area (Å²) < 4.78 is 0. The summed E-state index contributed by atoms with van der Waals surface area (Å²) in [5, 5.41) is 13.4. The quantitative estimate of drug-likeness (QED) is 0.408. The molecule has 0 spiro atoms. The lowest BCUT2D eigenvalue weighted by Gasteiger charge is -2.28. The van der Waals surface area contributed by atoms with E-state index in [1.54, 1.807) is 0 Å². The maximum atomic E-state index is 13.1. The summed E-state index contributed by atoms with van der Waals surface area (Å²) in [5.74, 6) is 0.616. The number of hydrogen-bond donors (Lipinski definition) is 2. The molecule has 2 heterocycles. The first-order valence-corrected chi connectivity index (χ1v) is 11.8. The van der Waals surface area contributed by atoms with Crippen LogP contribution in [0.15, 0.2) is 58.7 Å². The summed E-state index contributed by atoms with van der Waals surface area (Å²) in [6.45, 7) is 9.22. The molecule has 5 nitrogen and oxygen atoms in total. The number of aromatic nitrogens is 2. The van der Waals surface area contributed by atoms with Crippen LogP contribution in [0.2, 0.25) is 0 Å². The topological polar surface area (TPSA) is 69.2 Å². The summed E-state index contributed by atoms with van der Waals surface area (Å²) in [7, 11) is 0. The van der Waals surface area contributed by atoms with Gasteiger partial charge in [-0.25, -0.2) is 4.98 Å². The third-order valence-corrected chi connectivity index (χ3v) is 6.71. The highest BCUT2D eigenvalue weighted by Gasteiger charge is 2.19. The standard InChI is InChI=1S/C26H29N3O2S/c1-16(2)29(13-22(30)19-8-6-5-7-9-19)14-23-27-25(31)24-21(15-32-26(24)28-23)20-11-10-17(3)12-18(20)4/h5-12,15-16,22,30H,13-14H2,1-4H3,(H,27,28,31). The van der Waals surface area contributed by atoms with Crippen molar-refractivity contribution in [1.29, 1.82) is 0 Å². The van der Waals surface area contributed by atoms with E-state index in [2.05, 4.69) is 55.8 Å². The monoisotopic (exact) mass is 447 g/mol. The van der Waals surface area contributed by atoms with Gasteiger partial charge in [-0.05, 0) is 44.4 Å². The predicted molar refractivity (Wildman–Crippen MR) is 132 cm³/mol. The highest BCUT2D eigenvalue weighted by atomic mass is 32.1. The van der Waals surface area contributed by atoms with Crippen LogP contribution < -0.4 is 5.56 Å². The van der Waals surface area contributed by atoms with E-state index in [1.165, 1.54) is 16.9 Å². The van der Waals surface area contributed by atoms with Gasteiger partial charge in [-0.15, -0.1) is 11.3 Å². The van der Waals surface area contributed by atoms with Gasteiger partial charge in [0.15, 0.2) is 0 Å². The molecule has 0 radical (unpaired) electrons. The van der Waals surface area contributed by atoms with Crippen molar-refractivity contribution in [3.63, 3.8) is 0 Å². The van der Waals surface area contributed by atoms with Gasteiger partial charge in [0.2, 0.25) is 0 Å². The van der Waals surface area contributed by atoms with E-state index in [-0.39, 0.29) is 11.6 Å². The van der Waals surface area contributed by atoms with E-state index in [1.807, 2.05) is 35.7 Å². The van der Waals surface area contributed by atoms with E-state index in [0.717, 1.165) is 27.1 Å². The third-order valence-electron chi connectivity index (χ3n) is 5.84. The SMILES string of the molecule is Cc1ccc(-c2csc3nc(CN(CC(O)c4ccccc4)C(C)C)[nH]c(=O)c23)c(C)c1. The molecule has 0 bridgehead atoms. The van der Waals surface area contributed by atoms with Crippen molar-refractivity contribution in [3.05, 3.63) is 86.8 Å². The molecule has 0 saturated heterocycles. The number of nitrogens with one attached hydrogen (secondary N) is 1. The Hall–Kier alpha value is -2.80. The molecule has 2 aromatic heterocycles. The van der Waals surface area contributed by atoms with E-state index in [4.69, 9.17) is 4.98 Å². The fraction of sp³-hybridized carbons (Fsp3) is 0.308. The number of fused-ring (bicyclic) bond motifs is 1. The van der Waals surface area contributed by atoms with Crippen molar-refractivity contribution in [2.24, 2.45) is 0 Å². The molecule has 166 valence electrons. The van der Waals surface area contributed by atoms with Gasteiger partial charge < -0.3 is 10.1 Å². The first-order valence-electron chi connectivity index (χ1n) is 10.9. The Morgan fingerprint density at radius 2 is 1.84 bits per heavy atom. The molecule has 2 aromatic carbocycles. The Kier molecular flexibility index (Phi) is 6.55. The van der Waals surface area contributed by atoms with Gasteiger partial charge in [0, 0.05) is 23.5 Å². The molecule has 0 aliphatic rings. The smallest absolute Gasteiger partial charge is 0.260 e. The largest absolute Gasteiger partial charge is 0.387 e. The number of aromatic amines is 1. The van der Waals surface area contributed by atoms with Crippen LogP contribution in [-0.4, -0.2) is 32.6 Å². The zero-order valence-corrected chi connectivity index (χ0v) is 19.7. The Morgan fingerprint density at radius 1 is 1.09 bits per heavy atom. The fourth-order valence-electron chi connectivity index (χ4n) is 4.04. The number of H-pyrrole nitrogens is 1. The van der Waals surface area contributed by atoms with Gasteiger partial charge in [0.05, 0.1) is 18.0 Å². The molecule has 0 saturated carbocycles. The van der Waals surface area contributed by atoms with Crippen LogP contribution in [0.3, 0.4) is 0 Å². The number of rotatable bonds is 7. The van der Waals surface area contributed by atoms with Crippen LogP contribution >= 0.6 is 11.3 Å². The zero-order valence-electron chi connectivity index (χ0n) is 18.9. The number of aliphatic hydroxyl groups is 1. The van der Waals surface area contributed by atoms with Crippen molar-refractivity contribution in [1.82, 2.24) is 14.9 Å². The minimum absolute atomic E-state index is 0.117. The lowest BCUT2D eigenvalue weighted by atomic mass is 9.99. The van der Waals surface area contributed by atoms with Crippen molar-refractivity contribution in [3.8, 4) is 11.1 Å². The van der Waals surface area contributed by atoms with Crippen molar-refractivity contribution >= 4 is 21.6 Å². The highest BCUT2D eigenvalue weighted by molar-refractivity contribution is 7.17. The zero-order chi connectivity index (χ0) is 22.8. The van der Waals surface area contributed by atoms with Crippen molar-refractivity contribution < 1.29 is 5.11 Å². The molecule has 6 heteroatoms. The van der Waals surface area contributed by atoms with Gasteiger partial charge in [-0.3, -0.25) is 9.69 Å². The van der Waals surface area contributed by atoms with Crippen LogP contribution in [-0.2, 0) is 6.54 Å². The molecule has 2 N–H and O–H groups in total. The molecule has 4 rings (SSSR count). The van der Waals surface area contributed by atoms with Crippen LogP contribution in [0.5, 0.6) is 0 Å². The number of aryl methyl sites for hydroxylation is 2. The summed E-state index contributed by atoms with van der Waals surface area (Å²) >= 11 is 1.50. The molecule has 1 atom stereocenters. The van der Waals surface area contributed by atoms with Gasteiger partial charge in [-0.1, -0.05) is 54.1 Å². The average molecular weight is 448 g/mol. The van der Waals surface area contributed by atoms with Crippen molar-refractivity contribution in [2.75, 3.05) is 6.54 Å². The van der Waals surface area contributed by atoms with E-state index in [9.17, 15) is 9.90 Å². The van der Waals surface area contributed by atoms with Gasteiger partial charge in [0.25, 0.3) is 5.56 Å². The Balaban J connectivity index is 1.62. The molecular weight excluding hydrogens is 418 g/mol. The summed E-state index contributed by atoms with van der Waals surface area (Å²) in [4.78, 5) is 23.7. The lowest BCUT2D eigenvalue weighted by Crippen LogP contribution is -2.35. The average Bonchev–Trinajstić information content (AvgIpc) is 3.18. The molecule has 0 fully saturated rings. The maximum absolute atomic E-state index is 13.1. The number of nitrogens with zero attached hydrogens (tertiary/aromatic N) is 2. The van der Waals surface area contributed by atoms with Crippen molar-refractivity contribution in [2.45, 2.75) is 46.4 Å². The second kappa shape index (κ2) is 9.36. The van der Waals surface area contributed by atoms with E-state index < -0.39 is 6.10 Å². The maximum Gasteiger partial charge on any atom is 0.260 e. The second-order valence-corrected chi connectivity index (χ2v) is 9.47. The minimum atomic E-state index is -0.605. The normalized spacial score (nSPS) is 12.7. The summed E-state index contributed by atoms with van der Waals surface area (Å²) in [6, 6.07) is 16.1. The molecular formula is C26H29N3O2S. The molecule has 32 heavy (non-hydrogen) atoms. The molecule has 4 aromatic rings. The second-order valence-electron chi connectivity index (χ2n) is 8.61. The van der Waals surface area contributed by atoms with Crippen LogP contribution in [0, 0.1) is 13.8 Å². The van der Waals surface area contributed by atoms with Crippen LogP contribution in [0.1, 0.15) is 42.5 Å². The van der Waals surface area contributed by atoms with Gasteiger partial charge >= 0.3 is 0 Å². The minimum Gasteiger partial charge on any atom is -0.387 e. The Labute approximate surface area is 192 Å². The molecule has 0 aliphatic heterocycles.